The third kappa shape index (κ3) is 2.83. The first-order valence-electron chi connectivity index (χ1n) is 7.98. The lowest BCUT2D eigenvalue weighted by atomic mass is 9.92. The standard InChI is InChI=1S/C18H14ClFN4OS/c1-21-7-11-14(25)5-3-10-15-17(22-8-23-18(15)26-16(10)11)24-9-2-4-13(20)12(19)6-9/h2,4,6-8,21H,3,5H2,1H3,(H,22,23,24)/b11-7-. The Labute approximate surface area is 157 Å². The number of benzene rings is 1. The van der Waals surface area contributed by atoms with Gasteiger partial charge in [-0.2, -0.15) is 0 Å². The molecule has 5 nitrogen and oxygen atoms in total. The number of ketones is 1. The minimum Gasteiger partial charge on any atom is -0.393 e. The number of fused-ring (bicyclic) bond motifs is 3. The van der Waals surface area contributed by atoms with E-state index in [0.717, 1.165) is 20.7 Å². The van der Waals surface area contributed by atoms with Gasteiger partial charge in [0.15, 0.2) is 5.78 Å². The Morgan fingerprint density at radius 2 is 2.15 bits per heavy atom. The molecule has 0 fully saturated rings. The summed E-state index contributed by atoms with van der Waals surface area (Å²) in [5.74, 6) is 0.262. The number of halogens is 2. The monoisotopic (exact) mass is 388 g/mol. The Hall–Kier alpha value is -2.51. The van der Waals surface area contributed by atoms with Crippen molar-refractivity contribution in [3.8, 4) is 0 Å². The smallest absolute Gasteiger partial charge is 0.166 e. The first-order valence-corrected chi connectivity index (χ1v) is 9.17. The molecule has 0 unspecified atom stereocenters. The SMILES string of the molecule is CN/C=C1/C(=O)CCc2c1sc1ncnc(Nc3ccc(F)c(Cl)c3)c21. The zero-order valence-corrected chi connectivity index (χ0v) is 15.3. The predicted octanol–water partition coefficient (Wildman–Crippen LogP) is 4.30. The third-order valence-corrected chi connectivity index (χ3v) is 5.67. The van der Waals surface area contributed by atoms with Crippen LogP contribution in [0.4, 0.5) is 15.9 Å². The van der Waals surface area contributed by atoms with Crippen LogP contribution in [0.15, 0.2) is 30.7 Å². The van der Waals surface area contributed by atoms with Crippen LogP contribution in [0.25, 0.3) is 15.8 Å². The van der Waals surface area contributed by atoms with E-state index in [4.69, 9.17) is 11.6 Å². The number of aryl methyl sites for hydroxylation is 1. The van der Waals surface area contributed by atoms with Crippen molar-refractivity contribution in [3.63, 3.8) is 0 Å². The molecule has 2 heterocycles. The second kappa shape index (κ2) is 6.66. The van der Waals surface area contributed by atoms with Gasteiger partial charge in [-0.25, -0.2) is 14.4 Å². The van der Waals surface area contributed by atoms with Gasteiger partial charge in [-0.05, 0) is 30.2 Å². The third-order valence-electron chi connectivity index (χ3n) is 4.21. The van der Waals surface area contributed by atoms with E-state index < -0.39 is 5.82 Å². The van der Waals surface area contributed by atoms with Gasteiger partial charge < -0.3 is 10.6 Å². The summed E-state index contributed by atoms with van der Waals surface area (Å²) in [6, 6.07) is 4.42. The molecule has 1 aliphatic rings. The van der Waals surface area contributed by atoms with Crippen molar-refractivity contribution in [2.24, 2.45) is 0 Å². The lowest BCUT2D eigenvalue weighted by Crippen LogP contribution is -2.13. The highest BCUT2D eigenvalue weighted by molar-refractivity contribution is 7.20. The van der Waals surface area contributed by atoms with Crippen molar-refractivity contribution in [1.29, 1.82) is 0 Å². The molecule has 0 radical (unpaired) electrons. The quantitative estimate of drug-likeness (QED) is 0.655. The van der Waals surface area contributed by atoms with E-state index in [1.807, 2.05) is 0 Å². The highest BCUT2D eigenvalue weighted by atomic mass is 35.5. The number of Topliss-reactive ketones (excluding diaryl/α,β-unsaturated/α-hetero) is 1. The fourth-order valence-electron chi connectivity index (χ4n) is 3.04. The fraction of sp³-hybridized carbons (Fsp3) is 0.167. The van der Waals surface area contributed by atoms with Crippen LogP contribution >= 0.6 is 22.9 Å². The molecule has 0 aliphatic heterocycles. The Balaban J connectivity index is 1.84. The van der Waals surface area contributed by atoms with Gasteiger partial charge in [0.05, 0.1) is 16.0 Å². The number of allylic oxidation sites excluding steroid dienone is 1. The van der Waals surface area contributed by atoms with Crippen molar-refractivity contribution < 1.29 is 9.18 Å². The first kappa shape index (κ1) is 16.9. The van der Waals surface area contributed by atoms with Gasteiger partial charge in [-0.3, -0.25) is 4.79 Å². The number of anilines is 2. The van der Waals surface area contributed by atoms with Crippen LogP contribution in [0.5, 0.6) is 0 Å². The van der Waals surface area contributed by atoms with Crippen molar-refractivity contribution in [2.75, 3.05) is 12.4 Å². The van der Waals surface area contributed by atoms with E-state index in [0.29, 0.717) is 29.9 Å². The normalized spacial score (nSPS) is 15.3. The molecule has 3 aromatic rings. The number of nitrogens with zero attached hydrogens (tertiary/aromatic N) is 2. The van der Waals surface area contributed by atoms with Crippen molar-refractivity contribution in [3.05, 3.63) is 52.0 Å². The van der Waals surface area contributed by atoms with E-state index >= 15 is 0 Å². The molecule has 0 bridgehead atoms. The van der Waals surface area contributed by atoms with Crippen molar-refractivity contribution >= 4 is 56.0 Å². The highest BCUT2D eigenvalue weighted by Crippen LogP contribution is 2.42. The molecule has 0 spiro atoms. The Morgan fingerprint density at radius 1 is 1.31 bits per heavy atom. The molecule has 1 aliphatic carbocycles. The summed E-state index contributed by atoms with van der Waals surface area (Å²) in [5, 5.41) is 7.07. The largest absolute Gasteiger partial charge is 0.393 e. The molecule has 8 heteroatoms. The van der Waals surface area contributed by atoms with Crippen molar-refractivity contribution in [1.82, 2.24) is 15.3 Å². The topological polar surface area (TPSA) is 66.9 Å². The minimum absolute atomic E-state index is 0.0393. The maximum absolute atomic E-state index is 13.4. The molecule has 26 heavy (non-hydrogen) atoms. The lowest BCUT2D eigenvalue weighted by Gasteiger charge is -2.15. The molecule has 1 aromatic carbocycles. The van der Waals surface area contributed by atoms with E-state index in [1.54, 1.807) is 19.3 Å². The number of aromatic nitrogens is 2. The number of hydrogen-bond donors (Lipinski definition) is 2. The molecular formula is C18H14ClFN4OS. The first-order chi connectivity index (χ1) is 12.6. The van der Waals surface area contributed by atoms with Crippen LogP contribution < -0.4 is 10.6 Å². The second-order valence-corrected chi connectivity index (χ2v) is 7.24. The number of rotatable bonds is 3. The Morgan fingerprint density at radius 3 is 2.92 bits per heavy atom. The van der Waals surface area contributed by atoms with Gasteiger partial charge in [-0.15, -0.1) is 11.3 Å². The molecule has 4 rings (SSSR count). The maximum atomic E-state index is 13.4. The van der Waals surface area contributed by atoms with Crippen molar-refractivity contribution in [2.45, 2.75) is 12.8 Å². The summed E-state index contributed by atoms with van der Waals surface area (Å²) in [6.45, 7) is 0. The summed E-state index contributed by atoms with van der Waals surface area (Å²) >= 11 is 7.34. The second-order valence-electron chi connectivity index (χ2n) is 5.84. The van der Waals surface area contributed by atoms with Crippen LogP contribution in [0, 0.1) is 5.82 Å². The predicted molar refractivity (Wildman–Crippen MR) is 102 cm³/mol. The van der Waals surface area contributed by atoms with Crippen LogP contribution in [0.3, 0.4) is 0 Å². The average Bonchev–Trinajstić information content (AvgIpc) is 3.00. The summed E-state index contributed by atoms with van der Waals surface area (Å²) in [6.07, 6.45) is 4.29. The lowest BCUT2D eigenvalue weighted by molar-refractivity contribution is -0.113. The van der Waals surface area contributed by atoms with Crippen LogP contribution in [0.1, 0.15) is 16.9 Å². The average molecular weight is 389 g/mol. The highest BCUT2D eigenvalue weighted by Gasteiger charge is 2.27. The summed E-state index contributed by atoms with van der Waals surface area (Å²) < 4.78 is 13.4. The number of hydrogen-bond acceptors (Lipinski definition) is 6. The van der Waals surface area contributed by atoms with Crippen LogP contribution in [0.2, 0.25) is 5.02 Å². The molecule has 132 valence electrons. The van der Waals surface area contributed by atoms with Crippen LogP contribution in [-0.2, 0) is 11.2 Å². The summed E-state index contributed by atoms with van der Waals surface area (Å²) in [7, 11) is 1.77. The summed E-state index contributed by atoms with van der Waals surface area (Å²) in [5.41, 5.74) is 2.36. The van der Waals surface area contributed by atoms with Gasteiger partial charge >= 0.3 is 0 Å². The van der Waals surface area contributed by atoms with E-state index in [2.05, 4.69) is 20.6 Å². The van der Waals surface area contributed by atoms with Gasteiger partial charge in [-0.1, -0.05) is 11.6 Å². The van der Waals surface area contributed by atoms with E-state index in [9.17, 15) is 9.18 Å². The number of carbonyl (C=O) groups excluding carboxylic acids is 1. The fourth-order valence-corrected chi connectivity index (χ4v) is 4.45. The Kier molecular flexibility index (Phi) is 4.34. The minimum atomic E-state index is -0.474. The van der Waals surface area contributed by atoms with E-state index in [1.165, 1.54) is 29.8 Å². The van der Waals surface area contributed by atoms with Gasteiger partial charge in [0.25, 0.3) is 0 Å². The number of nitrogens with one attached hydrogen (secondary N) is 2. The molecule has 2 aromatic heterocycles. The molecule has 0 atom stereocenters. The van der Waals surface area contributed by atoms with E-state index in [-0.39, 0.29) is 10.8 Å². The van der Waals surface area contributed by atoms with Gasteiger partial charge in [0.2, 0.25) is 0 Å². The zero-order valence-electron chi connectivity index (χ0n) is 13.8. The molecule has 0 amide bonds. The number of thiophene rings is 1. The molecule has 2 N–H and O–H groups in total. The molecular weight excluding hydrogens is 375 g/mol. The van der Waals surface area contributed by atoms with Gasteiger partial charge in [0.1, 0.15) is 22.8 Å². The maximum Gasteiger partial charge on any atom is 0.166 e. The zero-order chi connectivity index (χ0) is 18.3. The molecule has 0 saturated carbocycles. The van der Waals surface area contributed by atoms with Gasteiger partial charge in [0, 0.05) is 30.2 Å². The Bertz CT molecular complexity index is 1060. The number of carbonyl (C=O) groups is 1. The van der Waals surface area contributed by atoms with Crippen LogP contribution in [-0.4, -0.2) is 22.8 Å². The molecule has 0 saturated heterocycles. The summed E-state index contributed by atoms with van der Waals surface area (Å²) in [4.78, 5) is 22.7.